The number of aliphatic hydroxyl groups excluding tert-OH is 1. The maximum Gasteiger partial charge on any atom is 0.418 e. The van der Waals surface area contributed by atoms with E-state index < -0.39 is 12.3 Å². The highest BCUT2D eigenvalue weighted by Gasteiger charge is 2.40. The molecule has 0 spiro atoms. The van der Waals surface area contributed by atoms with Crippen LogP contribution in [-0.2, 0) is 0 Å². The second-order valence-electron chi connectivity index (χ2n) is 3.40. The van der Waals surface area contributed by atoms with Crippen molar-refractivity contribution in [2.24, 2.45) is 0 Å². The van der Waals surface area contributed by atoms with Crippen molar-refractivity contribution in [1.82, 2.24) is 0 Å². The molecule has 0 bridgehead atoms. The number of nitrogens with zero attached hydrogens (tertiary/aromatic N) is 1. The predicted octanol–water partition coefficient (Wildman–Crippen LogP) is 2.35. The van der Waals surface area contributed by atoms with Crippen molar-refractivity contribution in [2.45, 2.75) is 12.3 Å². The molecule has 0 saturated carbocycles. The molecule has 0 unspecified atom stereocenters. The minimum absolute atomic E-state index is 0.130. The van der Waals surface area contributed by atoms with Gasteiger partial charge in [-0.05, 0) is 6.07 Å². The van der Waals surface area contributed by atoms with E-state index >= 15 is 0 Å². The minimum atomic E-state index is -4.63. The molecule has 0 amide bonds. The van der Waals surface area contributed by atoms with Gasteiger partial charge in [-0.1, -0.05) is 18.2 Å². The lowest BCUT2D eigenvalue weighted by atomic mass is 10.1. The number of hydrogen-bond donors (Lipinski definition) is 1. The van der Waals surface area contributed by atoms with Gasteiger partial charge in [-0.2, -0.15) is 13.2 Å². The third-order valence-electron chi connectivity index (χ3n) is 2.02. The molecule has 2 nitrogen and oxygen atoms in total. The summed E-state index contributed by atoms with van der Waals surface area (Å²) in [7, 11) is 3.25. The fraction of sp³-hybridized carbons (Fsp3) is 0.400. The number of rotatable bonds is 2. The summed E-state index contributed by atoms with van der Waals surface area (Å²) in [5, 5.41) is 9.14. The van der Waals surface area contributed by atoms with E-state index in [1.807, 2.05) is 0 Å². The van der Waals surface area contributed by atoms with Crippen LogP contribution < -0.4 is 4.90 Å². The van der Waals surface area contributed by atoms with Gasteiger partial charge < -0.3 is 10.0 Å². The highest BCUT2D eigenvalue weighted by atomic mass is 19.4. The molecule has 1 aromatic carbocycles. The maximum atomic E-state index is 12.3. The Hall–Kier alpha value is -1.23. The van der Waals surface area contributed by atoms with E-state index in [-0.39, 0.29) is 5.56 Å². The van der Waals surface area contributed by atoms with E-state index in [2.05, 4.69) is 0 Å². The monoisotopic (exact) mass is 219 g/mol. The molecule has 1 atom stereocenters. The zero-order valence-corrected chi connectivity index (χ0v) is 8.42. The van der Waals surface area contributed by atoms with Gasteiger partial charge in [0.05, 0.1) is 0 Å². The van der Waals surface area contributed by atoms with E-state index in [9.17, 15) is 13.2 Å². The Bertz CT molecular complexity index is 336. The number of alkyl halides is 3. The molecule has 15 heavy (non-hydrogen) atoms. The van der Waals surface area contributed by atoms with E-state index in [0.717, 1.165) is 0 Å². The molecule has 0 saturated heterocycles. The Morgan fingerprint density at radius 1 is 1.20 bits per heavy atom. The molecule has 5 heteroatoms. The summed E-state index contributed by atoms with van der Waals surface area (Å²) in [6, 6.07) is 5.90. The number of benzene rings is 1. The molecule has 84 valence electrons. The van der Waals surface area contributed by atoms with Gasteiger partial charge in [-0.25, -0.2) is 0 Å². The lowest BCUT2D eigenvalue weighted by molar-refractivity contribution is -0.206. The number of anilines is 1. The second-order valence-corrected chi connectivity index (χ2v) is 3.40. The van der Waals surface area contributed by atoms with Gasteiger partial charge in [-0.15, -0.1) is 0 Å². The standard InChI is InChI=1S/C10H12F3NO/c1-14(2)8-6-4-3-5-7(8)9(15)10(11,12)13/h3-6,9,15H,1-2H3/t9-/m0/s1. The summed E-state index contributed by atoms with van der Waals surface area (Å²) in [6.45, 7) is 0. The molecule has 0 aliphatic carbocycles. The van der Waals surface area contributed by atoms with Crippen molar-refractivity contribution in [3.63, 3.8) is 0 Å². The van der Waals surface area contributed by atoms with Gasteiger partial charge in [0.2, 0.25) is 0 Å². The van der Waals surface area contributed by atoms with E-state index in [4.69, 9.17) is 5.11 Å². The Morgan fingerprint density at radius 2 is 1.73 bits per heavy atom. The van der Waals surface area contributed by atoms with Crippen LogP contribution in [-0.4, -0.2) is 25.4 Å². The van der Waals surface area contributed by atoms with Crippen molar-refractivity contribution >= 4 is 5.69 Å². The van der Waals surface area contributed by atoms with Crippen LogP contribution in [0.2, 0.25) is 0 Å². The first-order valence-corrected chi connectivity index (χ1v) is 4.35. The SMILES string of the molecule is CN(C)c1ccccc1[C@H](O)C(F)(F)F. The lowest BCUT2D eigenvalue weighted by Gasteiger charge is -2.22. The highest BCUT2D eigenvalue weighted by Crippen LogP contribution is 2.36. The molecule has 0 radical (unpaired) electrons. The van der Waals surface area contributed by atoms with Crippen LogP contribution in [0.15, 0.2) is 24.3 Å². The van der Waals surface area contributed by atoms with Crippen LogP contribution in [0.5, 0.6) is 0 Å². The van der Waals surface area contributed by atoms with Crippen molar-refractivity contribution in [3.05, 3.63) is 29.8 Å². The molecular weight excluding hydrogens is 207 g/mol. The van der Waals surface area contributed by atoms with Gasteiger partial charge >= 0.3 is 6.18 Å². The Balaban J connectivity index is 3.14. The molecule has 0 aliphatic heterocycles. The molecule has 0 aromatic heterocycles. The number of para-hydroxylation sites is 1. The summed E-state index contributed by atoms with van der Waals surface area (Å²) in [4.78, 5) is 1.53. The van der Waals surface area contributed by atoms with E-state index in [1.54, 1.807) is 20.2 Å². The summed E-state index contributed by atoms with van der Waals surface area (Å²) >= 11 is 0. The Labute approximate surface area is 85.9 Å². The zero-order valence-electron chi connectivity index (χ0n) is 8.42. The average molecular weight is 219 g/mol. The first kappa shape index (κ1) is 11.8. The highest BCUT2D eigenvalue weighted by molar-refractivity contribution is 5.53. The van der Waals surface area contributed by atoms with E-state index in [0.29, 0.717) is 5.69 Å². The number of aliphatic hydroxyl groups is 1. The average Bonchev–Trinajstić information content (AvgIpc) is 2.15. The summed E-state index contributed by atoms with van der Waals surface area (Å²) in [6.07, 6.45) is -7.07. The normalized spacial score (nSPS) is 13.7. The zero-order chi connectivity index (χ0) is 11.6. The smallest absolute Gasteiger partial charge is 0.379 e. The van der Waals surface area contributed by atoms with Crippen molar-refractivity contribution in [3.8, 4) is 0 Å². The first-order chi connectivity index (χ1) is 6.84. The van der Waals surface area contributed by atoms with Gasteiger partial charge in [0.15, 0.2) is 6.10 Å². The molecular formula is C10H12F3NO. The summed E-state index contributed by atoms with van der Waals surface area (Å²) < 4.78 is 36.9. The van der Waals surface area contributed by atoms with Crippen LogP contribution in [0.4, 0.5) is 18.9 Å². The number of halogens is 3. The first-order valence-electron chi connectivity index (χ1n) is 4.35. The fourth-order valence-electron chi connectivity index (χ4n) is 1.30. The lowest BCUT2D eigenvalue weighted by Crippen LogP contribution is -2.23. The van der Waals surface area contributed by atoms with Crippen molar-refractivity contribution in [1.29, 1.82) is 0 Å². The topological polar surface area (TPSA) is 23.5 Å². The van der Waals surface area contributed by atoms with Gasteiger partial charge in [0, 0.05) is 25.3 Å². The van der Waals surface area contributed by atoms with Gasteiger partial charge in [-0.3, -0.25) is 0 Å². The molecule has 1 rings (SSSR count). The van der Waals surface area contributed by atoms with Crippen molar-refractivity contribution < 1.29 is 18.3 Å². The molecule has 1 aromatic rings. The second kappa shape index (κ2) is 4.10. The number of hydrogen-bond acceptors (Lipinski definition) is 2. The van der Waals surface area contributed by atoms with Crippen molar-refractivity contribution in [2.75, 3.05) is 19.0 Å². The van der Waals surface area contributed by atoms with Crippen LogP contribution in [0.3, 0.4) is 0 Å². The predicted molar refractivity (Wildman–Crippen MR) is 51.8 cm³/mol. The third kappa shape index (κ3) is 2.62. The summed E-state index contributed by atoms with van der Waals surface area (Å²) in [5.74, 6) is 0. The van der Waals surface area contributed by atoms with Crippen LogP contribution in [0, 0.1) is 0 Å². The van der Waals surface area contributed by atoms with Gasteiger partial charge in [0.1, 0.15) is 0 Å². The van der Waals surface area contributed by atoms with E-state index in [1.165, 1.54) is 23.1 Å². The maximum absolute atomic E-state index is 12.3. The van der Waals surface area contributed by atoms with Crippen LogP contribution in [0.1, 0.15) is 11.7 Å². The van der Waals surface area contributed by atoms with Gasteiger partial charge in [0.25, 0.3) is 0 Å². The Morgan fingerprint density at radius 3 is 2.20 bits per heavy atom. The quantitative estimate of drug-likeness (QED) is 0.825. The minimum Gasteiger partial charge on any atom is -0.379 e. The molecule has 0 heterocycles. The molecule has 1 N–H and O–H groups in total. The Kier molecular flexibility index (Phi) is 3.24. The molecule has 0 aliphatic rings. The van der Waals surface area contributed by atoms with Crippen LogP contribution in [0.25, 0.3) is 0 Å². The molecule has 0 fully saturated rings. The third-order valence-corrected chi connectivity index (χ3v) is 2.02. The largest absolute Gasteiger partial charge is 0.418 e. The van der Waals surface area contributed by atoms with Crippen LogP contribution >= 0.6 is 0 Å². The fourth-order valence-corrected chi connectivity index (χ4v) is 1.30. The summed E-state index contributed by atoms with van der Waals surface area (Å²) in [5.41, 5.74) is 0.234.